The van der Waals surface area contributed by atoms with E-state index in [0.29, 0.717) is 36.7 Å². The molecule has 10 heteroatoms. The molecule has 0 aliphatic carbocycles. The first-order chi connectivity index (χ1) is 15.5. The van der Waals surface area contributed by atoms with Crippen molar-refractivity contribution in [3.8, 4) is 0 Å². The van der Waals surface area contributed by atoms with Crippen LogP contribution in [-0.2, 0) is 27.8 Å². The molecule has 1 atom stereocenters. The van der Waals surface area contributed by atoms with Crippen LogP contribution in [0.2, 0.25) is 0 Å². The van der Waals surface area contributed by atoms with Crippen molar-refractivity contribution in [1.82, 2.24) is 24.0 Å². The van der Waals surface area contributed by atoms with E-state index < -0.39 is 10.0 Å². The molecule has 8 nitrogen and oxygen atoms in total. The van der Waals surface area contributed by atoms with Crippen LogP contribution in [0.4, 0.5) is 0 Å². The number of likely N-dealkylation sites (tertiary alicyclic amines) is 1. The van der Waals surface area contributed by atoms with Gasteiger partial charge in [-0.05, 0) is 50.0 Å². The zero-order chi connectivity index (χ0) is 22.1. The number of fused-ring (bicyclic) bond motifs is 1. The van der Waals surface area contributed by atoms with Crippen LogP contribution in [0.3, 0.4) is 0 Å². The van der Waals surface area contributed by atoms with E-state index in [2.05, 4.69) is 14.8 Å². The van der Waals surface area contributed by atoms with E-state index in [1.165, 1.54) is 34.9 Å². The molecule has 2 aromatic heterocycles. The van der Waals surface area contributed by atoms with Crippen LogP contribution in [-0.4, -0.2) is 64.5 Å². The highest BCUT2D eigenvalue weighted by atomic mass is 32.2. The second-order valence-electron chi connectivity index (χ2n) is 9.17. The summed E-state index contributed by atoms with van der Waals surface area (Å²) in [6.45, 7) is 3.28. The molecule has 0 N–H and O–H groups in total. The molecule has 0 bridgehead atoms. The minimum atomic E-state index is -3.43. The Bertz CT molecular complexity index is 1040. The lowest BCUT2D eigenvalue weighted by Crippen LogP contribution is -2.47. The highest BCUT2D eigenvalue weighted by Gasteiger charge is 2.36. The standard InChI is InChI=1S/C22H31N5O3S2/c28-22(17-9-13-26(14-10-17)32(29,30)20-8-5-15-31-20)25-11-4-6-18(16-25)21-24-23-19-7-2-1-3-12-27(19)21/h5,8,15,17-18H,1-4,6-7,9-14,16H2/t18-/m0/s1. The fourth-order valence-corrected chi connectivity index (χ4v) is 7.95. The molecule has 0 aromatic carbocycles. The van der Waals surface area contributed by atoms with E-state index in [1.54, 1.807) is 17.5 Å². The second kappa shape index (κ2) is 9.23. The Hall–Kier alpha value is -1.78. The minimum absolute atomic E-state index is 0.0981. The van der Waals surface area contributed by atoms with Crippen molar-refractivity contribution in [2.45, 2.75) is 68.0 Å². The quantitative estimate of drug-likeness (QED) is 0.676. The first-order valence-electron chi connectivity index (χ1n) is 11.8. The summed E-state index contributed by atoms with van der Waals surface area (Å²) >= 11 is 1.25. The number of thiophene rings is 1. The summed E-state index contributed by atoms with van der Waals surface area (Å²) in [5.41, 5.74) is 0. The van der Waals surface area contributed by atoms with Gasteiger partial charge in [-0.3, -0.25) is 4.79 Å². The van der Waals surface area contributed by atoms with Crippen molar-refractivity contribution < 1.29 is 13.2 Å². The number of carbonyl (C=O) groups excluding carboxylic acids is 1. The number of rotatable bonds is 4. The third-order valence-electron chi connectivity index (χ3n) is 7.13. The van der Waals surface area contributed by atoms with Crippen molar-refractivity contribution >= 4 is 27.3 Å². The molecule has 5 heterocycles. The number of sulfonamides is 1. The summed E-state index contributed by atoms with van der Waals surface area (Å²) in [7, 11) is -3.43. The Balaban J connectivity index is 1.22. The zero-order valence-corrected chi connectivity index (χ0v) is 20.0. The summed E-state index contributed by atoms with van der Waals surface area (Å²) < 4.78 is 29.8. The Morgan fingerprint density at radius 2 is 1.84 bits per heavy atom. The van der Waals surface area contributed by atoms with Crippen LogP contribution in [0.25, 0.3) is 0 Å². The van der Waals surface area contributed by atoms with E-state index in [9.17, 15) is 13.2 Å². The minimum Gasteiger partial charge on any atom is -0.342 e. The van der Waals surface area contributed by atoms with Crippen molar-refractivity contribution in [3.05, 3.63) is 29.2 Å². The van der Waals surface area contributed by atoms with E-state index >= 15 is 0 Å². The van der Waals surface area contributed by atoms with Gasteiger partial charge in [0, 0.05) is 51.0 Å². The molecule has 2 fully saturated rings. The van der Waals surface area contributed by atoms with Crippen LogP contribution >= 0.6 is 11.3 Å². The van der Waals surface area contributed by atoms with Crippen molar-refractivity contribution in [2.24, 2.45) is 5.92 Å². The molecular formula is C22H31N5O3S2. The van der Waals surface area contributed by atoms with Crippen LogP contribution < -0.4 is 0 Å². The van der Waals surface area contributed by atoms with Crippen molar-refractivity contribution in [3.63, 3.8) is 0 Å². The Morgan fingerprint density at radius 3 is 2.62 bits per heavy atom. The predicted molar refractivity (Wildman–Crippen MR) is 122 cm³/mol. The van der Waals surface area contributed by atoms with Gasteiger partial charge in [0.2, 0.25) is 5.91 Å². The zero-order valence-electron chi connectivity index (χ0n) is 18.4. The molecule has 3 aliphatic rings. The van der Waals surface area contributed by atoms with Crippen LogP contribution in [0.15, 0.2) is 21.7 Å². The molecule has 0 unspecified atom stereocenters. The number of hydrogen-bond acceptors (Lipinski definition) is 6. The van der Waals surface area contributed by atoms with Crippen molar-refractivity contribution in [1.29, 1.82) is 0 Å². The van der Waals surface area contributed by atoms with Gasteiger partial charge in [0.1, 0.15) is 15.9 Å². The number of piperidine rings is 2. The van der Waals surface area contributed by atoms with Crippen LogP contribution in [0, 0.1) is 5.92 Å². The topological polar surface area (TPSA) is 88.4 Å². The van der Waals surface area contributed by atoms with Gasteiger partial charge in [-0.15, -0.1) is 21.5 Å². The van der Waals surface area contributed by atoms with Gasteiger partial charge in [0.15, 0.2) is 0 Å². The highest BCUT2D eigenvalue weighted by Crippen LogP contribution is 2.31. The van der Waals surface area contributed by atoms with Crippen LogP contribution in [0.1, 0.15) is 62.5 Å². The summed E-state index contributed by atoms with van der Waals surface area (Å²) in [6, 6.07) is 3.41. The summed E-state index contributed by atoms with van der Waals surface area (Å²) in [5.74, 6) is 2.47. The molecule has 1 amide bonds. The Kier molecular flexibility index (Phi) is 6.35. The number of aryl methyl sites for hydroxylation is 1. The average molecular weight is 478 g/mol. The maximum atomic E-state index is 13.3. The molecular weight excluding hydrogens is 446 g/mol. The number of aromatic nitrogens is 3. The van der Waals surface area contributed by atoms with Gasteiger partial charge < -0.3 is 9.47 Å². The molecule has 3 aliphatic heterocycles. The third kappa shape index (κ3) is 4.24. The Morgan fingerprint density at radius 1 is 1.00 bits per heavy atom. The Labute approximate surface area is 193 Å². The van der Waals surface area contributed by atoms with Crippen molar-refractivity contribution in [2.75, 3.05) is 26.2 Å². The maximum Gasteiger partial charge on any atom is 0.252 e. The van der Waals surface area contributed by atoms with E-state index in [0.717, 1.165) is 44.0 Å². The lowest BCUT2D eigenvalue weighted by Gasteiger charge is -2.37. The molecule has 5 rings (SSSR count). The summed E-state index contributed by atoms with van der Waals surface area (Å²) in [5, 5.41) is 10.8. The SMILES string of the molecule is O=C(C1CCN(S(=O)(=O)c2cccs2)CC1)N1CCC[C@H](c2nnc3n2CCCCC3)C1. The van der Waals surface area contributed by atoms with Gasteiger partial charge in [-0.1, -0.05) is 12.5 Å². The van der Waals surface area contributed by atoms with Gasteiger partial charge in [0.05, 0.1) is 0 Å². The molecule has 0 saturated carbocycles. The largest absolute Gasteiger partial charge is 0.342 e. The first-order valence-corrected chi connectivity index (χ1v) is 14.1. The summed E-state index contributed by atoms with van der Waals surface area (Å²) in [4.78, 5) is 15.3. The monoisotopic (exact) mass is 477 g/mol. The van der Waals surface area contributed by atoms with E-state index in [1.807, 2.05) is 4.90 Å². The van der Waals surface area contributed by atoms with Crippen LogP contribution in [0.5, 0.6) is 0 Å². The van der Waals surface area contributed by atoms with Gasteiger partial charge in [-0.2, -0.15) is 4.31 Å². The third-order valence-corrected chi connectivity index (χ3v) is 10.4. The molecule has 2 aromatic rings. The van der Waals surface area contributed by atoms with Gasteiger partial charge in [-0.25, -0.2) is 8.42 Å². The average Bonchev–Trinajstić information content (AvgIpc) is 3.45. The predicted octanol–water partition coefficient (Wildman–Crippen LogP) is 2.87. The summed E-state index contributed by atoms with van der Waals surface area (Å²) in [6.07, 6.45) is 7.77. The fourth-order valence-electron chi connectivity index (χ4n) is 5.34. The normalized spacial score (nSPS) is 23.6. The van der Waals surface area contributed by atoms with Gasteiger partial charge in [0.25, 0.3) is 10.0 Å². The molecule has 174 valence electrons. The smallest absolute Gasteiger partial charge is 0.252 e. The maximum absolute atomic E-state index is 13.3. The van der Waals surface area contributed by atoms with Gasteiger partial charge >= 0.3 is 0 Å². The first kappa shape index (κ1) is 22.0. The molecule has 0 spiro atoms. The number of carbonyl (C=O) groups is 1. The molecule has 32 heavy (non-hydrogen) atoms. The molecule has 0 radical (unpaired) electrons. The lowest BCUT2D eigenvalue weighted by atomic mass is 9.92. The second-order valence-corrected chi connectivity index (χ2v) is 12.3. The lowest BCUT2D eigenvalue weighted by molar-refractivity contribution is -0.138. The van der Waals surface area contributed by atoms with E-state index in [4.69, 9.17) is 0 Å². The highest BCUT2D eigenvalue weighted by molar-refractivity contribution is 7.91. The number of nitrogens with zero attached hydrogens (tertiary/aromatic N) is 5. The number of amides is 1. The fraction of sp³-hybridized carbons (Fsp3) is 0.682. The van der Waals surface area contributed by atoms with E-state index in [-0.39, 0.29) is 17.7 Å². The number of hydrogen-bond donors (Lipinski definition) is 0. The molecule has 2 saturated heterocycles.